The Balaban J connectivity index is 1.09. The Morgan fingerprint density at radius 2 is 1.30 bits per heavy atom. The molecule has 0 bridgehead atoms. The van der Waals surface area contributed by atoms with Crippen LogP contribution in [0.3, 0.4) is 0 Å². The smallest absolute Gasteiger partial charge is 0.135 e. The van der Waals surface area contributed by atoms with E-state index in [1.165, 1.54) is 0 Å². The molecule has 0 atom stereocenters. The highest BCUT2D eigenvalue weighted by molar-refractivity contribution is 6.15. The van der Waals surface area contributed by atoms with E-state index in [-0.39, 0.29) is 0 Å². The number of nitrogens with two attached hydrogens (primary N) is 1. The van der Waals surface area contributed by atoms with Gasteiger partial charge in [0.1, 0.15) is 33.9 Å². The second-order valence-electron chi connectivity index (χ2n) is 15.7. The first-order chi connectivity index (χ1) is 31.5. The van der Waals surface area contributed by atoms with Crippen LogP contribution in [0.1, 0.15) is 39.3 Å². The van der Waals surface area contributed by atoms with Crippen LogP contribution < -0.4 is 5.73 Å². The predicted octanol–water partition coefficient (Wildman–Crippen LogP) is 15.5. The Morgan fingerprint density at radius 3 is 2.11 bits per heavy atom. The molecule has 0 amide bonds. The number of nitrogens with zero attached hydrogens (tertiary/aromatic N) is 1. The molecular weight excluding hydrogens is 785 g/mol. The lowest BCUT2D eigenvalue weighted by atomic mass is 9.96. The van der Waals surface area contributed by atoms with Gasteiger partial charge in [-0.05, 0) is 94.9 Å². The van der Waals surface area contributed by atoms with Crippen LogP contribution in [0.2, 0.25) is 0 Å². The number of aliphatic imine (C=N–C) groups is 1. The summed E-state index contributed by atoms with van der Waals surface area (Å²) in [4.78, 5) is 5.28. The minimum absolute atomic E-state index is 0.458. The number of para-hydroxylation sites is 2. The summed E-state index contributed by atoms with van der Waals surface area (Å²) in [6.45, 7) is 6.33. The zero-order valence-corrected chi connectivity index (χ0v) is 35.4. The molecule has 1 aliphatic carbocycles. The molecule has 10 rings (SSSR count). The van der Waals surface area contributed by atoms with Crippen molar-refractivity contribution in [3.8, 4) is 11.1 Å². The average molecular weight is 829 g/mol. The minimum Gasteiger partial charge on any atom is -0.461 e. The molecule has 6 aromatic carbocycles. The number of aryl methyl sites for hydroxylation is 1. The highest BCUT2D eigenvalue weighted by Gasteiger charge is 2.15. The van der Waals surface area contributed by atoms with Crippen molar-refractivity contribution in [2.24, 2.45) is 10.7 Å². The topological polar surface area (TPSA) is 77.8 Å². The van der Waals surface area contributed by atoms with E-state index in [2.05, 4.69) is 116 Å². The fraction of sp³-hybridized carbons (Fsp3) is 0.0339. The van der Waals surface area contributed by atoms with E-state index >= 15 is 0 Å². The monoisotopic (exact) mass is 828 g/mol. The van der Waals surface area contributed by atoms with E-state index in [0.717, 1.165) is 111 Å². The van der Waals surface area contributed by atoms with E-state index in [1.54, 1.807) is 6.08 Å². The van der Waals surface area contributed by atoms with Crippen molar-refractivity contribution < 1.29 is 13.3 Å². The second-order valence-corrected chi connectivity index (χ2v) is 15.7. The Bertz CT molecular complexity index is 3480. The molecule has 3 heterocycles. The normalized spacial score (nSPS) is 16.8. The summed E-state index contributed by atoms with van der Waals surface area (Å²) in [6.07, 6.45) is 24.4. The fourth-order valence-electron chi connectivity index (χ4n) is 8.29. The van der Waals surface area contributed by atoms with E-state index in [1.807, 2.05) is 104 Å². The Kier molecular flexibility index (Phi) is 10.9. The molecule has 0 fully saturated rings. The summed E-state index contributed by atoms with van der Waals surface area (Å²) < 4.78 is 18.7. The van der Waals surface area contributed by atoms with Crippen LogP contribution in [0.5, 0.6) is 0 Å². The molecule has 5 nitrogen and oxygen atoms in total. The molecule has 5 heteroatoms. The minimum atomic E-state index is 0.458. The molecule has 3 aromatic heterocycles. The van der Waals surface area contributed by atoms with Gasteiger partial charge in [-0.2, -0.15) is 0 Å². The van der Waals surface area contributed by atoms with Gasteiger partial charge in [0, 0.05) is 43.9 Å². The summed E-state index contributed by atoms with van der Waals surface area (Å²) in [7, 11) is 0. The molecule has 1 aliphatic rings. The summed E-state index contributed by atoms with van der Waals surface area (Å²) >= 11 is 0. The Hall–Kier alpha value is -8.41. The molecule has 0 spiro atoms. The van der Waals surface area contributed by atoms with Gasteiger partial charge in [-0.1, -0.05) is 164 Å². The van der Waals surface area contributed by atoms with Crippen LogP contribution in [0.15, 0.2) is 225 Å². The summed E-state index contributed by atoms with van der Waals surface area (Å²) in [5.74, 6) is 1.62. The molecule has 64 heavy (non-hydrogen) atoms. The number of hydrogen-bond acceptors (Lipinski definition) is 5. The fourth-order valence-corrected chi connectivity index (χ4v) is 8.29. The third kappa shape index (κ3) is 8.06. The van der Waals surface area contributed by atoms with E-state index in [0.29, 0.717) is 12.2 Å². The van der Waals surface area contributed by atoms with Gasteiger partial charge in [-0.3, -0.25) is 4.99 Å². The van der Waals surface area contributed by atoms with Crippen molar-refractivity contribution in [2.45, 2.75) is 13.5 Å². The lowest BCUT2D eigenvalue weighted by molar-refractivity contribution is 0.577. The van der Waals surface area contributed by atoms with Gasteiger partial charge < -0.3 is 19.0 Å². The first kappa shape index (κ1) is 39.7. The Morgan fingerprint density at radius 1 is 0.625 bits per heavy atom. The number of furan rings is 3. The van der Waals surface area contributed by atoms with Gasteiger partial charge in [0.05, 0.1) is 12.3 Å². The van der Waals surface area contributed by atoms with Crippen molar-refractivity contribution in [3.63, 3.8) is 0 Å². The van der Waals surface area contributed by atoms with Gasteiger partial charge in [0.15, 0.2) is 0 Å². The van der Waals surface area contributed by atoms with Crippen molar-refractivity contribution in [2.75, 3.05) is 0 Å². The van der Waals surface area contributed by atoms with Gasteiger partial charge in [0.2, 0.25) is 0 Å². The van der Waals surface area contributed by atoms with E-state index in [9.17, 15) is 0 Å². The quantitative estimate of drug-likeness (QED) is 0.116. The van der Waals surface area contributed by atoms with Crippen molar-refractivity contribution in [1.29, 1.82) is 0 Å². The molecule has 0 radical (unpaired) electrons. The molecule has 0 unspecified atom stereocenters. The van der Waals surface area contributed by atoms with Crippen LogP contribution in [0, 0.1) is 6.92 Å². The average Bonchev–Trinajstić information content (AvgIpc) is 3.99. The molecule has 0 saturated heterocycles. The summed E-state index contributed by atoms with van der Waals surface area (Å²) in [5.41, 5.74) is 20.8. The third-order valence-electron chi connectivity index (χ3n) is 11.6. The van der Waals surface area contributed by atoms with Crippen molar-refractivity contribution >= 4 is 79.1 Å². The molecule has 0 aliphatic heterocycles. The van der Waals surface area contributed by atoms with E-state index < -0.39 is 0 Å². The third-order valence-corrected chi connectivity index (χ3v) is 11.6. The first-order valence-electron chi connectivity index (χ1n) is 21.4. The molecule has 9 aromatic rings. The standard InChI is InChI=1S/C59H44N2O3/c1-3-4-19-47-39(2)62-58-32-31-45(36-51(47)58)43-17-8-9-20-49-48-21-10-12-23-55(48)63-57(49)25-14-18-46(34-43)54(61-38-40-15-6-5-7-16-40)37-53(60)42-28-26-41(27-29-42)44-30-33-59-52(35-44)50-22-11-13-24-56(50)64-59/h3-37H,1,38,60H2,2H3/b9-8?,17-8+,18-14?,19-4-,20-9-,25-14-,43-17?,43-34+,46-18+,46-34?,49-20?,53-37-,57-25?,61-54?. The lowest BCUT2D eigenvalue weighted by Gasteiger charge is -2.11. The molecule has 0 saturated carbocycles. The first-order valence-corrected chi connectivity index (χ1v) is 21.4. The lowest BCUT2D eigenvalue weighted by Crippen LogP contribution is -2.05. The largest absolute Gasteiger partial charge is 0.461 e. The highest BCUT2D eigenvalue weighted by atomic mass is 16.3. The number of benzene rings is 6. The van der Waals surface area contributed by atoms with E-state index in [4.69, 9.17) is 24.0 Å². The molecule has 2 N–H and O–H groups in total. The van der Waals surface area contributed by atoms with Crippen LogP contribution >= 0.6 is 0 Å². The zero-order chi connectivity index (χ0) is 43.4. The number of hydrogen-bond donors (Lipinski definition) is 1. The van der Waals surface area contributed by atoms with Crippen LogP contribution in [0.25, 0.3) is 84.5 Å². The second kappa shape index (κ2) is 17.5. The number of rotatable bonds is 9. The van der Waals surface area contributed by atoms with Crippen LogP contribution in [-0.4, -0.2) is 5.71 Å². The van der Waals surface area contributed by atoms with Crippen molar-refractivity contribution in [1.82, 2.24) is 0 Å². The maximum absolute atomic E-state index is 7.07. The summed E-state index contributed by atoms with van der Waals surface area (Å²) in [5, 5.41) is 4.26. The maximum atomic E-state index is 7.07. The van der Waals surface area contributed by atoms with Gasteiger partial charge in [0.25, 0.3) is 0 Å². The molecule has 308 valence electrons. The number of allylic oxidation sites excluding steroid dienone is 11. The molecular formula is C59H44N2O3. The zero-order valence-electron chi connectivity index (χ0n) is 35.4. The van der Waals surface area contributed by atoms with Gasteiger partial charge in [-0.15, -0.1) is 0 Å². The predicted molar refractivity (Wildman–Crippen MR) is 269 cm³/mol. The van der Waals surface area contributed by atoms with Crippen LogP contribution in [-0.2, 0) is 6.54 Å². The number of fused-ring (bicyclic) bond motifs is 7. The highest BCUT2D eigenvalue weighted by Crippen LogP contribution is 2.35. The Labute approximate surface area is 371 Å². The SMILES string of the molecule is C=C/C=C\c1c(C)oc2ccc(C3=C/C(C(/C=C(\N)c4ccc(-c5ccc6oc7ccccc7c6c5)cc4)=NCc4ccccc4)=C\C=C/c4oc5ccccc5c4/C=C\C=C\3)cc12. The van der Waals surface area contributed by atoms with Gasteiger partial charge >= 0.3 is 0 Å². The summed E-state index contributed by atoms with van der Waals surface area (Å²) in [6, 6.07) is 47.6. The van der Waals surface area contributed by atoms with Crippen molar-refractivity contribution in [3.05, 3.63) is 246 Å². The maximum Gasteiger partial charge on any atom is 0.135 e. The van der Waals surface area contributed by atoms with Gasteiger partial charge in [-0.25, -0.2) is 0 Å². The van der Waals surface area contributed by atoms with Crippen LogP contribution in [0.4, 0.5) is 0 Å².